The number of benzene rings is 1. The van der Waals surface area contributed by atoms with Crippen LogP contribution in [0, 0.1) is 5.92 Å². The van der Waals surface area contributed by atoms with Crippen molar-refractivity contribution in [1.29, 1.82) is 0 Å². The van der Waals surface area contributed by atoms with Crippen molar-refractivity contribution in [3.63, 3.8) is 0 Å². The van der Waals surface area contributed by atoms with E-state index in [1.165, 1.54) is 5.56 Å². The van der Waals surface area contributed by atoms with Gasteiger partial charge in [-0.25, -0.2) is 0 Å². The van der Waals surface area contributed by atoms with Crippen LogP contribution in [0.15, 0.2) is 30.3 Å². The van der Waals surface area contributed by atoms with E-state index in [1.807, 2.05) is 18.2 Å². The van der Waals surface area contributed by atoms with Gasteiger partial charge in [0.2, 0.25) is 0 Å². The van der Waals surface area contributed by atoms with Crippen LogP contribution < -0.4 is 0 Å². The molecule has 2 aromatic rings. The molecule has 0 aliphatic heterocycles. The van der Waals surface area contributed by atoms with Crippen molar-refractivity contribution in [3.05, 3.63) is 47.5 Å². The van der Waals surface area contributed by atoms with Crippen LogP contribution in [-0.2, 0) is 18.6 Å². The van der Waals surface area contributed by atoms with Crippen LogP contribution in [0.25, 0.3) is 0 Å². The average molecular weight is 273 g/mol. The highest BCUT2D eigenvalue weighted by molar-refractivity contribution is 5.31. The zero-order chi connectivity index (χ0) is 14.8. The summed E-state index contributed by atoms with van der Waals surface area (Å²) >= 11 is 0. The van der Waals surface area contributed by atoms with Crippen LogP contribution in [0.5, 0.6) is 0 Å². The second-order valence-corrected chi connectivity index (χ2v) is 6.09. The van der Waals surface area contributed by atoms with Gasteiger partial charge in [-0.3, -0.25) is 0 Å². The predicted molar refractivity (Wildman–Crippen MR) is 79.4 cm³/mol. The van der Waals surface area contributed by atoms with Gasteiger partial charge >= 0.3 is 0 Å². The molecule has 1 N–H and O–H groups in total. The molecule has 0 amide bonds. The van der Waals surface area contributed by atoms with E-state index in [-0.39, 0.29) is 12.0 Å². The third kappa shape index (κ3) is 2.75. The highest BCUT2D eigenvalue weighted by Gasteiger charge is 2.30. The standard InChI is InChI=1S/C16H23N3O/c1-12(2)10-19-14(11-20)17-18-15(19)16(3,4)13-8-6-5-7-9-13/h5-9,12,20H,10-11H2,1-4H3. The van der Waals surface area contributed by atoms with Crippen LogP contribution in [0.4, 0.5) is 0 Å². The number of hydrogen-bond acceptors (Lipinski definition) is 3. The van der Waals surface area contributed by atoms with Crippen LogP contribution in [-0.4, -0.2) is 19.9 Å². The summed E-state index contributed by atoms with van der Waals surface area (Å²) in [5.74, 6) is 2.01. The molecular formula is C16H23N3O. The average Bonchev–Trinajstić information content (AvgIpc) is 2.82. The van der Waals surface area contributed by atoms with E-state index >= 15 is 0 Å². The first-order chi connectivity index (χ1) is 9.46. The van der Waals surface area contributed by atoms with Crippen molar-refractivity contribution in [3.8, 4) is 0 Å². The lowest BCUT2D eigenvalue weighted by Crippen LogP contribution is -2.26. The van der Waals surface area contributed by atoms with Gasteiger partial charge in [0.1, 0.15) is 12.4 Å². The Labute approximate surface area is 120 Å². The first kappa shape index (κ1) is 14.7. The molecule has 0 aliphatic carbocycles. The van der Waals surface area contributed by atoms with E-state index in [1.54, 1.807) is 0 Å². The zero-order valence-electron chi connectivity index (χ0n) is 12.7. The molecule has 0 unspecified atom stereocenters. The Balaban J connectivity index is 2.49. The van der Waals surface area contributed by atoms with Gasteiger partial charge in [-0.15, -0.1) is 10.2 Å². The molecule has 4 nitrogen and oxygen atoms in total. The summed E-state index contributed by atoms with van der Waals surface area (Å²) in [6.45, 7) is 9.33. The number of aromatic nitrogens is 3. The van der Waals surface area contributed by atoms with Gasteiger partial charge in [-0.2, -0.15) is 0 Å². The largest absolute Gasteiger partial charge is 0.388 e. The summed E-state index contributed by atoms with van der Waals surface area (Å²) in [5.41, 5.74) is 0.957. The fraction of sp³-hybridized carbons (Fsp3) is 0.500. The van der Waals surface area contributed by atoms with Gasteiger partial charge in [-0.05, 0) is 25.3 Å². The van der Waals surface area contributed by atoms with Gasteiger partial charge < -0.3 is 9.67 Å². The monoisotopic (exact) mass is 273 g/mol. The third-order valence-electron chi connectivity index (χ3n) is 3.57. The number of aliphatic hydroxyl groups excluding tert-OH is 1. The molecule has 0 bridgehead atoms. The molecule has 20 heavy (non-hydrogen) atoms. The Bertz CT molecular complexity index is 558. The third-order valence-corrected chi connectivity index (χ3v) is 3.57. The summed E-state index contributed by atoms with van der Waals surface area (Å²) < 4.78 is 2.05. The molecule has 0 fully saturated rings. The van der Waals surface area contributed by atoms with E-state index in [0.717, 1.165) is 12.4 Å². The molecule has 0 atom stereocenters. The Hall–Kier alpha value is -1.68. The molecule has 0 saturated heterocycles. The molecule has 2 rings (SSSR count). The topological polar surface area (TPSA) is 50.9 Å². The van der Waals surface area contributed by atoms with Crippen molar-refractivity contribution >= 4 is 0 Å². The maximum atomic E-state index is 9.46. The molecule has 108 valence electrons. The van der Waals surface area contributed by atoms with Gasteiger partial charge in [0.15, 0.2) is 5.82 Å². The van der Waals surface area contributed by atoms with E-state index in [4.69, 9.17) is 0 Å². The molecule has 1 aromatic carbocycles. The minimum atomic E-state index is -0.240. The number of hydrogen-bond donors (Lipinski definition) is 1. The number of aliphatic hydroxyl groups is 1. The van der Waals surface area contributed by atoms with Crippen LogP contribution in [0.3, 0.4) is 0 Å². The second kappa shape index (κ2) is 5.75. The first-order valence-electron chi connectivity index (χ1n) is 7.05. The first-order valence-corrected chi connectivity index (χ1v) is 7.05. The fourth-order valence-electron chi connectivity index (χ4n) is 2.46. The van der Waals surface area contributed by atoms with Crippen molar-refractivity contribution in [1.82, 2.24) is 14.8 Å². The lowest BCUT2D eigenvalue weighted by molar-refractivity contribution is 0.261. The Morgan fingerprint density at radius 1 is 1.15 bits per heavy atom. The second-order valence-electron chi connectivity index (χ2n) is 6.09. The van der Waals surface area contributed by atoms with Crippen molar-refractivity contribution in [2.24, 2.45) is 5.92 Å². The van der Waals surface area contributed by atoms with Crippen molar-refractivity contribution < 1.29 is 5.11 Å². The van der Waals surface area contributed by atoms with Gasteiger partial charge in [0, 0.05) is 12.0 Å². The lowest BCUT2D eigenvalue weighted by Gasteiger charge is -2.26. The van der Waals surface area contributed by atoms with E-state index in [9.17, 15) is 5.11 Å². The van der Waals surface area contributed by atoms with Gasteiger partial charge in [0.05, 0.1) is 0 Å². The Morgan fingerprint density at radius 3 is 2.35 bits per heavy atom. The summed E-state index contributed by atoms with van der Waals surface area (Å²) in [7, 11) is 0. The van der Waals surface area contributed by atoms with Crippen LogP contribution in [0.2, 0.25) is 0 Å². The molecule has 0 spiro atoms. The van der Waals surface area contributed by atoms with Crippen LogP contribution >= 0.6 is 0 Å². The smallest absolute Gasteiger partial charge is 0.158 e. The van der Waals surface area contributed by atoms with Crippen LogP contribution in [0.1, 0.15) is 44.9 Å². The SMILES string of the molecule is CC(C)Cn1c(CO)nnc1C(C)(C)c1ccccc1. The van der Waals surface area contributed by atoms with Gasteiger partial charge in [0.25, 0.3) is 0 Å². The Kier molecular flexibility index (Phi) is 4.23. The summed E-state index contributed by atoms with van der Waals surface area (Å²) in [6.07, 6.45) is 0. The minimum absolute atomic E-state index is 0.0788. The van der Waals surface area contributed by atoms with Gasteiger partial charge in [-0.1, -0.05) is 44.2 Å². The molecular weight excluding hydrogens is 250 g/mol. The number of rotatable bonds is 5. The maximum absolute atomic E-state index is 9.46. The molecule has 0 aliphatic rings. The maximum Gasteiger partial charge on any atom is 0.158 e. The quantitative estimate of drug-likeness (QED) is 0.911. The summed E-state index contributed by atoms with van der Waals surface area (Å²) in [5, 5.41) is 17.9. The molecule has 1 aromatic heterocycles. The van der Waals surface area contributed by atoms with E-state index in [0.29, 0.717) is 11.7 Å². The molecule has 4 heteroatoms. The molecule has 1 heterocycles. The highest BCUT2D eigenvalue weighted by Crippen LogP contribution is 2.30. The highest BCUT2D eigenvalue weighted by atomic mass is 16.3. The van der Waals surface area contributed by atoms with Crippen molar-refractivity contribution in [2.75, 3.05) is 0 Å². The Morgan fingerprint density at radius 2 is 1.80 bits per heavy atom. The molecule has 0 radical (unpaired) electrons. The van der Waals surface area contributed by atoms with E-state index in [2.05, 4.69) is 54.6 Å². The summed E-state index contributed by atoms with van der Waals surface area (Å²) in [4.78, 5) is 0. The summed E-state index contributed by atoms with van der Waals surface area (Å²) in [6, 6.07) is 10.3. The number of nitrogens with zero attached hydrogens (tertiary/aromatic N) is 3. The fourth-order valence-corrected chi connectivity index (χ4v) is 2.46. The van der Waals surface area contributed by atoms with E-state index < -0.39 is 0 Å². The normalized spacial score (nSPS) is 12.1. The molecule has 0 saturated carbocycles. The van der Waals surface area contributed by atoms with Crippen molar-refractivity contribution in [2.45, 2.75) is 46.3 Å². The predicted octanol–water partition coefficient (Wildman–Crippen LogP) is 2.75. The lowest BCUT2D eigenvalue weighted by atomic mass is 9.83. The minimum Gasteiger partial charge on any atom is -0.388 e. The zero-order valence-corrected chi connectivity index (χ0v) is 12.7.